The van der Waals surface area contributed by atoms with Gasteiger partial charge in [0.05, 0.1) is 0 Å². The maximum atomic E-state index is 13.8. The van der Waals surface area contributed by atoms with Crippen LogP contribution >= 0.6 is 0 Å². The lowest BCUT2D eigenvalue weighted by molar-refractivity contribution is -0.133. The topological polar surface area (TPSA) is 159 Å². The molecule has 0 radical (unpaired) electrons. The smallest absolute Gasteiger partial charge is 0.319 e. The van der Waals surface area contributed by atoms with Crippen molar-refractivity contribution in [2.45, 2.75) is 87.6 Å². The van der Waals surface area contributed by atoms with Crippen LogP contribution in [-0.2, 0) is 51.4 Å². The predicted octanol–water partition coefficient (Wildman–Crippen LogP) is 8.67. The van der Waals surface area contributed by atoms with E-state index in [9.17, 15) is 24.0 Å². The summed E-state index contributed by atoms with van der Waals surface area (Å²) < 4.78 is 26.8. The predicted molar refractivity (Wildman–Crippen MR) is 293 cm³/mol. The molecule has 5 aromatic carbocycles. The Morgan fingerprint density at radius 1 is 0.387 bits per heavy atom. The summed E-state index contributed by atoms with van der Waals surface area (Å²) in [4.78, 5) is 75.1. The van der Waals surface area contributed by atoms with Crippen LogP contribution in [0.25, 0.3) is 0 Å². The van der Waals surface area contributed by atoms with Crippen LogP contribution in [-0.4, -0.2) is 128 Å². The van der Waals surface area contributed by atoms with Gasteiger partial charge < -0.3 is 49.2 Å². The molecule has 0 unspecified atom stereocenters. The number of fused-ring (bicyclic) bond motifs is 8. The quantitative estimate of drug-likeness (QED) is 0.0641. The first-order valence-corrected chi connectivity index (χ1v) is 26.6. The van der Waals surface area contributed by atoms with E-state index in [0.717, 1.165) is 38.9 Å². The zero-order valence-corrected chi connectivity index (χ0v) is 45.2. The van der Waals surface area contributed by atoms with Gasteiger partial charge in [0.25, 0.3) is 23.6 Å². The number of amides is 6. The molecule has 400 valence electrons. The molecule has 0 saturated heterocycles. The first-order chi connectivity index (χ1) is 36.4. The number of likely N-dealkylation sites (N-methyl/N-ethyl adjacent to an activating group) is 4. The first-order valence-electron chi connectivity index (χ1n) is 26.6. The van der Waals surface area contributed by atoms with Crippen molar-refractivity contribution < 1.29 is 42.9 Å². The summed E-state index contributed by atoms with van der Waals surface area (Å²) in [5.74, 6) is 1.40. The molecule has 0 heterocycles. The van der Waals surface area contributed by atoms with Gasteiger partial charge in [-0.25, -0.2) is 4.79 Å². The van der Waals surface area contributed by atoms with Crippen molar-refractivity contribution in [1.82, 2.24) is 24.9 Å². The SMILES string of the molecule is CCN(CC)C(=O)COc1c2cccc1Cc1cccc(c1OCC(=O)N(CC)CC)Cc1cc(CNC(=O)Nc3ccccc3)cc(c1OCC(=O)N(CC)CC)Cc1cccc(c1OCC(=O)N(CC)CC)C2. The zero-order valence-electron chi connectivity index (χ0n) is 45.2. The number of nitrogens with zero attached hydrogens (tertiary/aromatic N) is 4. The Labute approximate surface area is 443 Å². The van der Waals surface area contributed by atoms with E-state index in [1.165, 1.54) is 0 Å². The highest BCUT2D eigenvalue weighted by atomic mass is 16.5. The molecule has 0 spiro atoms. The number of ether oxygens (including phenoxy) is 4. The van der Waals surface area contributed by atoms with E-state index >= 15 is 0 Å². The molecule has 2 N–H and O–H groups in total. The van der Waals surface area contributed by atoms with Gasteiger partial charge in [-0.1, -0.05) is 72.8 Å². The van der Waals surface area contributed by atoms with Crippen molar-refractivity contribution in [1.29, 1.82) is 0 Å². The van der Waals surface area contributed by atoms with Crippen LogP contribution in [0.3, 0.4) is 0 Å². The molecule has 8 bridgehead atoms. The lowest BCUT2D eigenvalue weighted by Gasteiger charge is -2.25. The average Bonchev–Trinajstić information content (AvgIpc) is 3.41. The summed E-state index contributed by atoms with van der Waals surface area (Å²) in [5, 5.41) is 5.94. The molecule has 0 aliphatic heterocycles. The van der Waals surface area contributed by atoms with E-state index in [0.29, 0.717) is 105 Å². The van der Waals surface area contributed by atoms with E-state index < -0.39 is 6.03 Å². The van der Waals surface area contributed by atoms with Gasteiger partial charge in [-0.05, 0) is 130 Å². The van der Waals surface area contributed by atoms with Gasteiger partial charge in [0.2, 0.25) is 0 Å². The number of hydrogen-bond acceptors (Lipinski definition) is 9. The molecule has 75 heavy (non-hydrogen) atoms. The van der Waals surface area contributed by atoms with Crippen molar-refractivity contribution >= 4 is 35.3 Å². The second-order valence-corrected chi connectivity index (χ2v) is 18.3. The van der Waals surface area contributed by atoms with Crippen molar-refractivity contribution in [2.24, 2.45) is 0 Å². The number of para-hydroxylation sites is 4. The van der Waals surface area contributed by atoms with E-state index in [2.05, 4.69) is 10.6 Å². The molecule has 15 heteroatoms. The summed E-state index contributed by atoms with van der Waals surface area (Å²) in [6.07, 6.45) is 1.08. The molecule has 0 aromatic heterocycles. The number of nitrogens with one attached hydrogen (secondary N) is 2. The van der Waals surface area contributed by atoms with Crippen LogP contribution < -0.4 is 29.6 Å². The summed E-state index contributed by atoms with van der Waals surface area (Å²) >= 11 is 0. The number of benzene rings is 5. The third-order valence-electron chi connectivity index (χ3n) is 13.7. The monoisotopic (exact) mass is 1020 g/mol. The van der Waals surface area contributed by atoms with Crippen molar-refractivity contribution in [2.75, 3.05) is 84.1 Å². The van der Waals surface area contributed by atoms with Crippen molar-refractivity contribution in [3.05, 3.63) is 147 Å². The maximum absolute atomic E-state index is 13.8. The second kappa shape index (κ2) is 28.2. The molecule has 0 fully saturated rings. The highest BCUT2D eigenvalue weighted by Crippen LogP contribution is 2.40. The zero-order chi connectivity index (χ0) is 53.9. The minimum atomic E-state index is -0.393. The molecule has 15 nitrogen and oxygen atoms in total. The van der Waals surface area contributed by atoms with Gasteiger partial charge >= 0.3 is 6.03 Å². The number of urea groups is 1. The molecule has 1 aliphatic carbocycles. The fourth-order valence-corrected chi connectivity index (χ4v) is 9.59. The van der Waals surface area contributed by atoms with Crippen LogP contribution in [0, 0.1) is 0 Å². The average molecular weight is 1030 g/mol. The van der Waals surface area contributed by atoms with Gasteiger partial charge in [0, 0.05) is 90.3 Å². The van der Waals surface area contributed by atoms with Gasteiger partial charge in [-0.2, -0.15) is 0 Å². The molecule has 6 rings (SSSR count). The summed E-state index contributed by atoms with van der Waals surface area (Å²) in [6.45, 7) is 18.9. The van der Waals surface area contributed by atoms with E-state index in [1.807, 2.05) is 152 Å². The number of carbonyl (C=O) groups is 5. The Kier molecular flexibility index (Phi) is 21.3. The lowest BCUT2D eigenvalue weighted by atomic mass is 9.90. The number of hydrogen-bond donors (Lipinski definition) is 2. The highest BCUT2D eigenvalue weighted by molar-refractivity contribution is 5.89. The van der Waals surface area contributed by atoms with Crippen LogP contribution in [0.4, 0.5) is 10.5 Å². The highest BCUT2D eigenvalue weighted by Gasteiger charge is 2.26. The first kappa shape index (κ1) is 56.7. The lowest BCUT2D eigenvalue weighted by Crippen LogP contribution is -2.35. The third kappa shape index (κ3) is 15.0. The summed E-state index contributed by atoms with van der Waals surface area (Å²) in [7, 11) is 0. The number of anilines is 1. The van der Waals surface area contributed by atoms with Crippen LogP contribution in [0.15, 0.2) is 97.1 Å². The molecule has 6 amide bonds. The Morgan fingerprint density at radius 2 is 0.667 bits per heavy atom. The molecule has 1 aliphatic rings. The van der Waals surface area contributed by atoms with E-state index in [1.54, 1.807) is 19.6 Å². The molecule has 5 aromatic rings. The van der Waals surface area contributed by atoms with Crippen molar-refractivity contribution in [3.63, 3.8) is 0 Å². The van der Waals surface area contributed by atoms with Crippen LogP contribution in [0.1, 0.15) is 105 Å². The fourth-order valence-electron chi connectivity index (χ4n) is 9.59. The standard InChI is InChI=1S/C60H76N6O9/c1-9-63(10-2)52(67)38-72-56-43-23-20-24-44(56)34-46-26-22-28-48(58(46)74-40-54(69)65(13-5)14-6)36-50-32-42(37-61-60(71)62-51-29-18-17-19-30-51)31-49(59(50)75-41-55(70)66(15-7)16-8)35-47-27-21-25-45(33-43)57(47)73-39-53(68)64(11-3)12-4/h17-32H,9-16,33-41H2,1-8H3,(H2,61,62,71). The van der Waals surface area contributed by atoms with E-state index in [-0.39, 0.29) is 69.4 Å². The van der Waals surface area contributed by atoms with E-state index in [4.69, 9.17) is 18.9 Å². The summed E-state index contributed by atoms with van der Waals surface area (Å²) in [6, 6.07) is 30.5. The molecule has 0 atom stereocenters. The molecular weight excluding hydrogens is 949 g/mol. The Bertz CT molecular complexity index is 2610. The van der Waals surface area contributed by atoms with Crippen LogP contribution in [0.2, 0.25) is 0 Å². The van der Waals surface area contributed by atoms with Gasteiger partial charge in [-0.3, -0.25) is 19.2 Å². The third-order valence-corrected chi connectivity index (χ3v) is 13.7. The Hall–Kier alpha value is -7.55. The second-order valence-electron chi connectivity index (χ2n) is 18.3. The van der Waals surface area contributed by atoms with Gasteiger partial charge in [-0.15, -0.1) is 0 Å². The summed E-state index contributed by atoms with van der Waals surface area (Å²) in [5.41, 5.74) is 7.46. The maximum Gasteiger partial charge on any atom is 0.319 e. The van der Waals surface area contributed by atoms with Crippen LogP contribution in [0.5, 0.6) is 23.0 Å². The fraction of sp³-hybridized carbons (Fsp3) is 0.417. The number of rotatable bonds is 23. The number of carbonyl (C=O) groups excluding carboxylic acids is 5. The normalized spacial score (nSPS) is 11.7. The molecule has 0 saturated carbocycles. The molecular formula is C60H76N6O9. The Balaban J connectivity index is 1.60. The van der Waals surface area contributed by atoms with Gasteiger partial charge in [0.15, 0.2) is 26.4 Å². The largest absolute Gasteiger partial charge is 0.483 e. The minimum absolute atomic E-state index is 0.134. The Morgan fingerprint density at radius 3 is 0.960 bits per heavy atom. The van der Waals surface area contributed by atoms with Gasteiger partial charge in [0.1, 0.15) is 23.0 Å². The minimum Gasteiger partial charge on any atom is -0.483 e. The van der Waals surface area contributed by atoms with Crippen molar-refractivity contribution in [3.8, 4) is 23.0 Å².